The number of benzene rings is 3. The van der Waals surface area contributed by atoms with Gasteiger partial charge in [0.15, 0.2) is 0 Å². The molecular formula is C23H14BrCl2NO3. The number of rotatable bonds is 6. The molecule has 0 spiro atoms. The molecule has 0 aliphatic rings. The molecule has 0 radical (unpaired) electrons. The van der Waals surface area contributed by atoms with Crippen LogP contribution in [0.3, 0.4) is 0 Å². The van der Waals surface area contributed by atoms with Gasteiger partial charge in [-0.05, 0) is 54.1 Å². The molecule has 7 heteroatoms. The molecule has 0 aliphatic heterocycles. The summed E-state index contributed by atoms with van der Waals surface area (Å²) in [6.07, 6.45) is 1.70. The number of hydrogen-bond donors (Lipinski definition) is 1. The fourth-order valence-electron chi connectivity index (χ4n) is 2.70. The minimum absolute atomic E-state index is 0.213. The Hall–Kier alpha value is -2.78. The van der Waals surface area contributed by atoms with Crippen molar-refractivity contribution in [2.24, 2.45) is 0 Å². The Morgan fingerprint density at radius 1 is 1.10 bits per heavy atom. The summed E-state index contributed by atoms with van der Waals surface area (Å²) >= 11 is 15.6. The Balaban J connectivity index is 1.90. The molecule has 0 saturated heterocycles. The van der Waals surface area contributed by atoms with Crippen LogP contribution in [0.4, 0.5) is 0 Å². The Morgan fingerprint density at radius 2 is 1.83 bits per heavy atom. The van der Waals surface area contributed by atoms with E-state index in [2.05, 4.69) is 22.0 Å². The summed E-state index contributed by atoms with van der Waals surface area (Å²) < 4.78 is 6.76. The number of nitrogens with zero attached hydrogens (tertiary/aromatic N) is 1. The topological polar surface area (TPSA) is 70.3 Å². The van der Waals surface area contributed by atoms with Gasteiger partial charge in [-0.2, -0.15) is 5.26 Å². The lowest BCUT2D eigenvalue weighted by molar-refractivity contribution is 0.0697. The van der Waals surface area contributed by atoms with E-state index < -0.39 is 5.97 Å². The van der Waals surface area contributed by atoms with Crippen LogP contribution >= 0.6 is 39.1 Å². The van der Waals surface area contributed by atoms with Gasteiger partial charge < -0.3 is 9.84 Å². The lowest BCUT2D eigenvalue weighted by Crippen LogP contribution is -2.00. The van der Waals surface area contributed by atoms with E-state index in [-0.39, 0.29) is 12.2 Å². The number of carboxylic acid groups (broad SMARTS) is 1. The third kappa shape index (κ3) is 5.43. The van der Waals surface area contributed by atoms with Crippen molar-refractivity contribution in [1.82, 2.24) is 0 Å². The standard InChI is InChI=1S/C23H14BrCl2NO3/c24-18-5-8-22(30-13-14-1-3-15(4-2-14)23(28)29)16(10-18)9-17(12-27)20-7-6-19(25)11-21(20)26/h1-11H,13H2,(H,28,29)/b17-9+. The molecule has 3 aromatic rings. The Bertz CT molecular complexity index is 1170. The van der Waals surface area contributed by atoms with E-state index >= 15 is 0 Å². The second-order valence-corrected chi connectivity index (χ2v) is 8.03. The zero-order chi connectivity index (χ0) is 21.7. The maximum atomic E-state index is 11.0. The van der Waals surface area contributed by atoms with Gasteiger partial charge in [-0.3, -0.25) is 0 Å². The third-order valence-corrected chi connectivity index (χ3v) is 5.25. The first-order chi connectivity index (χ1) is 14.4. The zero-order valence-corrected chi connectivity index (χ0v) is 18.5. The molecule has 150 valence electrons. The third-order valence-electron chi connectivity index (χ3n) is 4.21. The van der Waals surface area contributed by atoms with Crippen molar-refractivity contribution in [2.45, 2.75) is 6.61 Å². The van der Waals surface area contributed by atoms with Gasteiger partial charge in [0.25, 0.3) is 0 Å². The lowest BCUT2D eigenvalue weighted by Gasteiger charge is -2.11. The molecule has 0 bridgehead atoms. The molecule has 30 heavy (non-hydrogen) atoms. The van der Waals surface area contributed by atoms with Crippen LogP contribution in [0.25, 0.3) is 11.6 Å². The second-order valence-electron chi connectivity index (χ2n) is 6.27. The predicted octanol–water partition coefficient (Wildman–Crippen LogP) is 7.10. The number of allylic oxidation sites excluding steroid dienone is 1. The normalized spacial score (nSPS) is 11.1. The molecule has 0 heterocycles. The first-order valence-corrected chi connectivity index (χ1v) is 10.2. The summed E-state index contributed by atoms with van der Waals surface area (Å²) in [4.78, 5) is 11.0. The molecule has 0 amide bonds. The van der Waals surface area contributed by atoms with Crippen molar-refractivity contribution < 1.29 is 14.6 Å². The molecule has 0 aromatic heterocycles. The lowest BCUT2D eigenvalue weighted by atomic mass is 10.0. The number of carboxylic acids is 1. The van der Waals surface area contributed by atoms with Crippen LogP contribution < -0.4 is 4.74 Å². The van der Waals surface area contributed by atoms with Crippen molar-refractivity contribution in [3.63, 3.8) is 0 Å². The second kappa shape index (κ2) is 9.82. The minimum Gasteiger partial charge on any atom is -0.488 e. The van der Waals surface area contributed by atoms with Gasteiger partial charge in [0.1, 0.15) is 12.4 Å². The number of aromatic carboxylic acids is 1. The van der Waals surface area contributed by atoms with Gasteiger partial charge in [-0.25, -0.2) is 4.79 Å². The van der Waals surface area contributed by atoms with Gasteiger partial charge in [0.05, 0.1) is 22.2 Å². The maximum absolute atomic E-state index is 11.0. The van der Waals surface area contributed by atoms with Gasteiger partial charge in [-0.15, -0.1) is 0 Å². The highest BCUT2D eigenvalue weighted by molar-refractivity contribution is 9.10. The first kappa shape index (κ1) is 21.9. The molecule has 3 rings (SSSR count). The fourth-order valence-corrected chi connectivity index (χ4v) is 3.59. The summed E-state index contributed by atoms with van der Waals surface area (Å²) in [6, 6.07) is 19.0. The van der Waals surface area contributed by atoms with Crippen LogP contribution in [0.1, 0.15) is 27.0 Å². The molecular weight excluding hydrogens is 489 g/mol. The van der Waals surface area contributed by atoms with Crippen LogP contribution in [0.5, 0.6) is 5.75 Å². The van der Waals surface area contributed by atoms with E-state index in [0.717, 1.165) is 10.0 Å². The van der Waals surface area contributed by atoms with E-state index in [1.54, 1.807) is 42.5 Å². The molecule has 0 unspecified atom stereocenters. The molecule has 4 nitrogen and oxygen atoms in total. The van der Waals surface area contributed by atoms with Gasteiger partial charge in [0.2, 0.25) is 0 Å². The summed E-state index contributed by atoms with van der Waals surface area (Å²) in [6.45, 7) is 0.242. The van der Waals surface area contributed by atoms with E-state index in [9.17, 15) is 10.1 Å². The summed E-state index contributed by atoms with van der Waals surface area (Å²) in [5.74, 6) is -0.411. The zero-order valence-electron chi connectivity index (χ0n) is 15.4. The van der Waals surface area contributed by atoms with E-state index in [1.165, 1.54) is 12.1 Å². The number of halogens is 3. The van der Waals surface area contributed by atoms with Crippen LogP contribution in [-0.2, 0) is 6.61 Å². The highest BCUT2D eigenvalue weighted by Gasteiger charge is 2.10. The molecule has 1 N–H and O–H groups in total. The Kier molecular flexibility index (Phi) is 7.17. The van der Waals surface area contributed by atoms with E-state index in [4.69, 9.17) is 33.0 Å². The summed E-state index contributed by atoms with van der Waals surface area (Å²) in [5, 5.41) is 19.5. The number of ether oxygens (including phenoxy) is 1. The van der Waals surface area contributed by atoms with Crippen molar-refractivity contribution in [3.05, 3.63) is 97.4 Å². The van der Waals surface area contributed by atoms with Crippen molar-refractivity contribution >= 4 is 56.8 Å². The van der Waals surface area contributed by atoms with Gasteiger partial charge in [0, 0.05) is 20.6 Å². The van der Waals surface area contributed by atoms with Crippen molar-refractivity contribution in [2.75, 3.05) is 0 Å². The Labute approximate surface area is 192 Å². The highest BCUT2D eigenvalue weighted by atomic mass is 79.9. The van der Waals surface area contributed by atoms with Crippen molar-refractivity contribution in [1.29, 1.82) is 5.26 Å². The van der Waals surface area contributed by atoms with E-state index in [1.807, 2.05) is 12.1 Å². The van der Waals surface area contributed by atoms with Gasteiger partial charge in [-0.1, -0.05) is 57.3 Å². The molecule has 0 saturated carbocycles. The average Bonchev–Trinajstić information content (AvgIpc) is 2.72. The van der Waals surface area contributed by atoms with Crippen LogP contribution in [-0.4, -0.2) is 11.1 Å². The number of nitriles is 1. The number of hydrogen-bond acceptors (Lipinski definition) is 3. The summed E-state index contributed by atoms with van der Waals surface area (Å²) in [5.41, 5.74) is 2.65. The first-order valence-electron chi connectivity index (χ1n) is 8.69. The van der Waals surface area contributed by atoms with Crippen molar-refractivity contribution in [3.8, 4) is 11.8 Å². The SMILES string of the molecule is N#C/C(=C\c1cc(Br)ccc1OCc1ccc(C(=O)O)cc1)c1ccc(Cl)cc1Cl. The average molecular weight is 503 g/mol. The molecule has 3 aromatic carbocycles. The van der Waals surface area contributed by atoms with Crippen LogP contribution in [0.15, 0.2) is 65.1 Å². The fraction of sp³-hybridized carbons (Fsp3) is 0.0435. The number of carbonyl (C=O) groups is 1. The highest BCUT2D eigenvalue weighted by Crippen LogP contribution is 2.32. The smallest absolute Gasteiger partial charge is 0.335 e. The summed E-state index contributed by atoms with van der Waals surface area (Å²) in [7, 11) is 0. The Morgan fingerprint density at radius 3 is 2.47 bits per heavy atom. The van der Waals surface area contributed by atoms with Crippen LogP contribution in [0, 0.1) is 11.3 Å². The molecule has 0 atom stereocenters. The minimum atomic E-state index is -0.979. The van der Waals surface area contributed by atoms with Gasteiger partial charge >= 0.3 is 5.97 Å². The largest absolute Gasteiger partial charge is 0.488 e. The van der Waals surface area contributed by atoms with E-state index in [0.29, 0.717) is 32.5 Å². The monoisotopic (exact) mass is 501 g/mol. The quantitative estimate of drug-likeness (QED) is 0.288. The predicted molar refractivity (Wildman–Crippen MR) is 122 cm³/mol. The maximum Gasteiger partial charge on any atom is 0.335 e. The molecule has 0 fully saturated rings. The van der Waals surface area contributed by atoms with Crippen LogP contribution in [0.2, 0.25) is 10.0 Å². The molecule has 0 aliphatic carbocycles.